The van der Waals surface area contributed by atoms with E-state index < -0.39 is 0 Å². The van der Waals surface area contributed by atoms with E-state index in [9.17, 15) is 9.59 Å². The van der Waals surface area contributed by atoms with Crippen LogP contribution in [0.1, 0.15) is 220 Å². The lowest BCUT2D eigenvalue weighted by atomic mass is 9.88. The van der Waals surface area contributed by atoms with Crippen molar-refractivity contribution in [3.05, 3.63) is 60.8 Å². The molecule has 0 aromatic carbocycles. The number of unbranched alkanes of at least 4 members (excludes halogenated alkanes) is 18. The zero-order valence-corrected chi connectivity index (χ0v) is 40.0. The van der Waals surface area contributed by atoms with E-state index in [4.69, 9.17) is 9.47 Å². The molecule has 0 saturated heterocycles. The second-order valence-electron chi connectivity index (χ2n) is 17.9. The third kappa shape index (κ3) is 34.0. The summed E-state index contributed by atoms with van der Waals surface area (Å²) >= 11 is 0. The van der Waals surface area contributed by atoms with Crippen LogP contribution in [-0.2, 0) is 14.3 Å². The molecule has 1 aliphatic rings. The molecule has 6 nitrogen and oxygen atoms in total. The molecule has 0 aliphatic heterocycles. The van der Waals surface area contributed by atoms with Crippen molar-refractivity contribution in [1.82, 2.24) is 10.2 Å². The fraction of sp³-hybridized carbons (Fsp3) is 0.778. The number of hydrogen-bond donors (Lipinski definition) is 1. The number of ether oxygens (including phenoxy) is 2. The minimum Gasteiger partial charge on any atom is -0.462 e. The lowest BCUT2D eigenvalue weighted by Crippen LogP contribution is -2.35. The van der Waals surface area contributed by atoms with Crippen molar-refractivity contribution in [3.8, 4) is 0 Å². The van der Waals surface area contributed by atoms with Crippen molar-refractivity contribution < 1.29 is 19.1 Å². The van der Waals surface area contributed by atoms with Crippen molar-refractivity contribution in [2.45, 2.75) is 232 Å². The minimum atomic E-state index is -0.351. The van der Waals surface area contributed by atoms with Gasteiger partial charge in [-0.05, 0) is 136 Å². The number of amides is 1. The zero-order valence-electron chi connectivity index (χ0n) is 40.0. The summed E-state index contributed by atoms with van der Waals surface area (Å²) in [6.07, 6.45) is 58.1. The summed E-state index contributed by atoms with van der Waals surface area (Å²) < 4.78 is 12.3. The van der Waals surface area contributed by atoms with Gasteiger partial charge in [-0.15, -0.1) is 0 Å². The minimum absolute atomic E-state index is 0.00326. The molecular weight excluding hydrogens is 741 g/mol. The van der Waals surface area contributed by atoms with E-state index in [0.717, 1.165) is 70.8 Å². The van der Waals surface area contributed by atoms with Gasteiger partial charge in [0.15, 0.2) is 0 Å². The summed E-state index contributed by atoms with van der Waals surface area (Å²) in [6, 6.07) is 0. The fourth-order valence-corrected chi connectivity index (χ4v) is 8.27. The Morgan fingerprint density at radius 3 is 1.57 bits per heavy atom. The van der Waals surface area contributed by atoms with Crippen molar-refractivity contribution in [3.63, 3.8) is 0 Å². The largest absolute Gasteiger partial charge is 0.462 e. The molecule has 0 bridgehead atoms. The van der Waals surface area contributed by atoms with E-state index in [0.29, 0.717) is 13.0 Å². The molecule has 0 aromatic heterocycles. The second kappa shape index (κ2) is 41.7. The molecule has 1 aliphatic carbocycles. The van der Waals surface area contributed by atoms with Gasteiger partial charge in [0.05, 0.1) is 0 Å². The van der Waals surface area contributed by atoms with Crippen LogP contribution >= 0.6 is 0 Å². The van der Waals surface area contributed by atoms with E-state index in [1.807, 2.05) is 19.0 Å². The van der Waals surface area contributed by atoms with Gasteiger partial charge >= 0.3 is 12.1 Å². The van der Waals surface area contributed by atoms with Crippen LogP contribution in [0.3, 0.4) is 0 Å². The molecule has 1 amide bonds. The Bertz CT molecular complexity index is 1090. The summed E-state index contributed by atoms with van der Waals surface area (Å²) in [5, 5.41) is 2.90. The first-order valence-electron chi connectivity index (χ1n) is 25.4. The molecule has 1 fully saturated rings. The van der Waals surface area contributed by atoms with Gasteiger partial charge in [0.1, 0.15) is 12.2 Å². The highest BCUT2D eigenvalue weighted by Crippen LogP contribution is 2.39. The molecule has 1 N–H and O–H groups in total. The predicted molar refractivity (Wildman–Crippen MR) is 260 cm³/mol. The summed E-state index contributed by atoms with van der Waals surface area (Å²) in [4.78, 5) is 28.3. The Hall–Kier alpha value is -2.60. The first kappa shape index (κ1) is 55.4. The summed E-state index contributed by atoms with van der Waals surface area (Å²) in [7, 11) is 3.98. The molecule has 60 heavy (non-hydrogen) atoms. The SMILES string of the molecule is CC/C=C\CC1C(CC(=O)OC(CCCCCCCC/C=C\C/C=C\CCCCC)CCCCCCCC/C=C\C/C=C\CCCCC)CCC1OC(=O)NCCN(C)C. The van der Waals surface area contributed by atoms with Crippen LogP contribution in [-0.4, -0.2) is 56.4 Å². The molecule has 0 spiro atoms. The molecule has 0 aromatic rings. The third-order valence-electron chi connectivity index (χ3n) is 12.0. The third-order valence-corrected chi connectivity index (χ3v) is 12.0. The van der Waals surface area contributed by atoms with Crippen LogP contribution in [0.15, 0.2) is 60.8 Å². The summed E-state index contributed by atoms with van der Waals surface area (Å²) in [5.74, 6) is 0.243. The zero-order chi connectivity index (χ0) is 43.6. The highest BCUT2D eigenvalue weighted by atomic mass is 16.6. The van der Waals surface area contributed by atoms with Gasteiger partial charge < -0.3 is 19.7 Å². The van der Waals surface area contributed by atoms with Gasteiger partial charge in [0.2, 0.25) is 0 Å². The molecule has 3 atom stereocenters. The number of likely N-dealkylation sites (N-methyl/N-ethyl adjacent to an activating group) is 1. The molecule has 0 radical (unpaired) electrons. The fourth-order valence-electron chi connectivity index (χ4n) is 8.27. The van der Waals surface area contributed by atoms with Gasteiger partial charge in [-0.25, -0.2) is 4.79 Å². The molecule has 1 saturated carbocycles. The van der Waals surface area contributed by atoms with Crippen LogP contribution in [0, 0.1) is 11.8 Å². The van der Waals surface area contributed by atoms with E-state index >= 15 is 0 Å². The number of nitrogens with zero attached hydrogens (tertiary/aromatic N) is 1. The quantitative estimate of drug-likeness (QED) is 0.0378. The van der Waals surface area contributed by atoms with E-state index in [-0.39, 0.29) is 36.1 Å². The first-order chi connectivity index (χ1) is 29.4. The topological polar surface area (TPSA) is 67.9 Å². The van der Waals surface area contributed by atoms with Gasteiger partial charge in [-0.2, -0.15) is 0 Å². The van der Waals surface area contributed by atoms with Crippen LogP contribution in [0.4, 0.5) is 4.79 Å². The molecule has 346 valence electrons. The second-order valence-corrected chi connectivity index (χ2v) is 17.9. The monoisotopic (exact) mass is 837 g/mol. The van der Waals surface area contributed by atoms with Crippen LogP contribution in [0.2, 0.25) is 0 Å². The molecule has 3 unspecified atom stereocenters. The van der Waals surface area contributed by atoms with Crippen molar-refractivity contribution in [1.29, 1.82) is 0 Å². The molecular formula is C54H96N2O4. The van der Waals surface area contributed by atoms with Gasteiger partial charge in [-0.1, -0.05) is 159 Å². The Morgan fingerprint density at radius 2 is 1.08 bits per heavy atom. The Labute approximate surface area is 371 Å². The van der Waals surface area contributed by atoms with Gasteiger partial charge in [0, 0.05) is 25.4 Å². The van der Waals surface area contributed by atoms with Crippen LogP contribution in [0.5, 0.6) is 0 Å². The Morgan fingerprint density at radius 1 is 0.600 bits per heavy atom. The van der Waals surface area contributed by atoms with Crippen LogP contribution in [0.25, 0.3) is 0 Å². The van der Waals surface area contributed by atoms with E-state index in [1.165, 1.54) is 128 Å². The number of esters is 1. The number of alkyl carbamates (subject to hydrolysis) is 1. The van der Waals surface area contributed by atoms with Gasteiger partial charge in [-0.3, -0.25) is 4.79 Å². The maximum Gasteiger partial charge on any atom is 0.407 e. The first-order valence-corrected chi connectivity index (χ1v) is 25.4. The number of carbonyl (C=O) groups is 2. The Balaban J connectivity index is 2.55. The number of rotatable bonds is 40. The van der Waals surface area contributed by atoms with Gasteiger partial charge in [0.25, 0.3) is 0 Å². The average molecular weight is 837 g/mol. The van der Waals surface area contributed by atoms with Crippen molar-refractivity contribution in [2.24, 2.45) is 11.8 Å². The average Bonchev–Trinajstić information content (AvgIpc) is 3.59. The molecule has 6 heteroatoms. The molecule has 1 rings (SSSR count). The summed E-state index contributed by atoms with van der Waals surface area (Å²) in [6.45, 7) is 7.98. The lowest BCUT2D eigenvalue weighted by Gasteiger charge is -2.25. The molecule has 0 heterocycles. The highest BCUT2D eigenvalue weighted by molar-refractivity contribution is 5.70. The van der Waals surface area contributed by atoms with E-state index in [1.54, 1.807) is 0 Å². The Kier molecular flexibility index (Phi) is 38.5. The smallest absolute Gasteiger partial charge is 0.407 e. The number of nitrogens with one attached hydrogen (secondary N) is 1. The predicted octanol–water partition coefficient (Wildman–Crippen LogP) is 15.7. The van der Waals surface area contributed by atoms with E-state index in [2.05, 4.69) is 86.8 Å². The number of carbonyl (C=O) groups excluding carboxylic acids is 2. The lowest BCUT2D eigenvalue weighted by molar-refractivity contribution is -0.151. The normalized spacial score (nSPS) is 17.3. The summed E-state index contributed by atoms with van der Waals surface area (Å²) in [5.41, 5.74) is 0. The van der Waals surface area contributed by atoms with Crippen molar-refractivity contribution >= 4 is 12.1 Å². The number of hydrogen-bond acceptors (Lipinski definition) is 5. The maximum atomic E-state index is 13.6. The van der Waals surface area contributed by atoms with Crippen LogP contribution < -0.4 is 5.32 Å². The standard InChI is InChI=1S/C54H96N2O4/c1-6-9-12-14-16-18-20-22-24-26-28-30-32-34-36-39-41-50(42-40-37-35-33-31-29-27-25-23-21-19-17-15-13-10-7-2)59-53(57)48-49-44-45-52(51(49)43-38-11-8-3)60-54(58)55-46-47-56(4)5/h11,16-19,22-25,38,49-52H,6-10,12-15,20-21,26-37,39-48H2,1-5H3,(H,55,58)/b18-16-,19-17-,24-22-,25-23-,38-11-. The number of allylic oxidation sites excluding steroid dienone is 10. The highest BCUT2D eigenvalue weighted by Gasteiger charge is 2.39. The van der Waals surface area contributed by atoms with Crippen molar-refractivity contribution in [2.75, 3.05) is 27.2 Å². The maximum absolute atomic E-state index is 13.6.